The van der Waals surface area contributed by atoms with Crippen molar-refractivity contribution in [3.05, 3.63) is 57.9 Å². The maximum atomic E-state index is 3.63. The Morgan fingerprint density at radius 2 is 2.00 bits per heavy atom. The van der Waals surface area contributed by atoms with E-state index < -0.39 is 0 Å². The lowest BCUT2D eigenvalue weighted by Gasteiger charge is -2.13. The molecule has 0 unspecified atom stereocenters. The van der Waals surface area contributed by atoms with Crippen molar-refractivity contribution in [1.29, 1.82) is 0 Å². The topological polar surface area (TPSA) is 17.0 Å². The van der Waals surface area contributed by atoms with Crippen molar-refractivity contribution in [2.75, 3.05) is 0 Å². The van der Waals surface area contributed by atoms with Crippen molar-refractivity contribution < 1.29 is 0 Å². The molecular weight excluding hydrogens is 264 g/mol. The van der Waals surface area contributed by atoms with E-state index in [9.17, 15) is 0 Å². The molecule has 20 heavy (non-hydrogen) atoms. The fraction of sp³-hybridized carbons (Fsp3) is 0.294. The minimum absolute atomic E-state index is 0.396. The zero-order valence-electron chi connectivity index (χ0n) is 12.2. The molecule has 2 aromatic heterocycles. The summed E-state index contributed by atoms with van der Waals surface area (Å²) in [7, 11) is 2.15. The molecule has 0 aliphatic heterocycles. The molecule has 3 rings (SSSR count). The van der Waals surface area contributed by atoms with Gasteiger partial charge in [-0.15, -0.1) is 11.3 Å². The molecule has 1 aromatic carbocycles. The second-order valence-corrected chi connectivity index (χ2v) is 6.25. The molecule has 0 spiro atoms. The highest BCUT2D eigenvalue weighted by atomic mass is 32.1. The molecule has 1 N–H and O–H groups in total. The number of nitrogens with one attached hydrogen (secondary N) is 1. The Morgan fingerprint density at radius 1 is 1.20 bits per heavy atom. The maximum absolute atomic E-state index is 3.63. The first-order valence-electron chi connectivity index (χ1n) is 6.98. The number of nitrogens with zero attached hydrogens (tertiary/aromatic N) is 1. The second kappa shape index (κ2) is 5.43. The van der Waals surface area contributed by atoms with Gasteiger partial charge in [0.05, 0.1) is 0 Å². The normalized spacial score (nSPS) is 12.9. The van der Waals surface area contributed by atoms with Crippen LogP contribution in [-0.2, 0) is 13.6 Å². The molecular formula is C17H20N2S. The van der Waals surface area contributed by atoms with Crippen molar-refractivity contribution in [3.63, 3.8) is 0 Å². The fourth-order valence-corrected chi connectivity index (χ4v) is 3.53. The van der Waals surface area contributed by atoms with Gasteiger partial charge in [-0.05, 0) is 36.9 Å². The van der Waals surface area contributed by atoms with Crippen LogP contribution in [0.2, 0.25) is 0 Å². The molecule has 0 aliphatic carbocycles. The van der Waals surface area contributed by atoms with Gasteiger partial charge in [0.2, 0.25) is 0 Å². The average Bonchev–Trinajstić information content (AvgIpc) is 3.07. The molecule has 0 saturated heterocycles. The van der Waals surface area contributed by atoms with Crippen LogP contribution < -0.4 is 5.32 Å². The molecule has 0 radical (unpaired) electrons. The Kier molecular flexibility index (Phi) is 3.64. The van der Waals surface area contributed by atoms with Crippen LogP contribution in [-0.4, -0.2) is 4.57 Å². The van der Waals surface area contributed by atoms with Gasteiger partial charge in [-0.25, -0.2) is 0 Å². The Morgan fingerprint density at radius 3 is 2.70 bits per heavy atom. The standard InChI is InChI=1S/C17H20N2S/c1-12-14-7-4-5-8-15(14)19(3)16(12)11-18-13(2)17-9-6-10-20-17/h4-10,13,18H,11H2,1-3H3/t13-/m1/s1. The van der Waals surface area contributed by atoms with Crippen molar-refractivity contribution >= 4 is 22.2 Å². The van der Waals surface area contributed by atoms with Gasteiger partial charge in [0.1, 0.15) is 0 Å². The lowest BCUT2D eigenvalue weighted by atomic mass is 10.1. The van der Waals surface area contributed by atoms with Gasteiger partial charge in [0, 0.05) is 41.1 Å². The van der Waals surface area contributed by atoms with E-state index in [4.69, 9.17) is 0 Å². The first kappa shape index (κ1) is 13.4. The van der Waals surface area contributed by atoms with Crippen molar-refractivity contribution in [3.8, 4) is 0 Å². The zero-order valence-corrected chi connectivity index (χ0v) is 13.0. The van der Waals surface area contributed by atoms with Gasteiger partial charge in [-0.2, -0.15) is 0 Å². The van der Waals surface area contributed by atoms with Gasteiger partial charge in [-0.3, -0.25) is 0 Å². The number of rotatable bonds is 4. The average molecular weight is 284 g/mol. The molecule has 2 nitrogen and oxygen atoms in total. The van der Waals surface area contributed by atoms with Crippen LogP contribution in [0, 0.1) is 6.92 Å². The zero-order chi connectivity index (χ0) is 14.1. The summed E-state index contributed by atoms with van der Waals surface area (Å²) in [5.74, 6) is 0. The van der Waals surface area contributed by atoms with Crippen LogP contribution in [0.4, 0.5) is 0 Å². The fourth-order valence-electron chi connectivity index (χ4n) is 2.77. The number of aryl methyl sites for hydroxylation is 2. The number of para-hydroxylation sites is 1. The Labute approximate surface area is 124 Å². The first-order chi connectivity index (χ1) is 9.68. The van der Waals surface area contributed by atoms with E-state index in [1.54, 1.807) is 0 Å². The molecule has 0 fully saturated rings. The summed E-state index contributed by atoms with van der Waals surface area (Å²) in [5, 5.41) is 7.13. The molecule has 0 amide bonds. The first-order valence-corrected chi connectivity index (χ1v) is 7.86. The van der Waals surface area contributed by atoms with Gasteiger partial charge < -0.3 is 9.88 Å². The lowest BCUT2D eigenvalue weighted by molar-refractivity contribution is 0.565. The summed E-state index contributed by atoms with van der Waals surface area (Å²) in [6.07, 6.45) is 0. The van der Waals surface area contributed by atoms with Crippen LogP contribution >= 0.6 is 11.3 Å². The minimum Gasteiger partial charge on any atom is -0.346 e. The molecule has 0 aliphatic rings. The molecule has 3 heteroatoms. The van der Waals surface area contributed by atoms with Crippen LogP contribution in [0.1, 0.15) is 29.1 Å². The Balaban J connectivity index is 1.84. The SMILES string of the molecule is Cc1c(CN[C@H](C)c2cccs2)n(C)c2ccccc12. The van der Waals surface area contributed by atoms with E-state index in [2.05, 4.69) is 72.6 Å². The number of aromatic nitrogens is 1. The van der Waals surface area contributed by atoms with Crippen molar-refractivity contribution in [2.45, 2.75) is 26.4 Å². The monoisotopic (exact) mass is 284 g/mol. The molecule has 2 heterocycles. The van der Waals surface area contributed by atoms with Gasteiger partial charge in [0.25, 0.3) is 0 Å². The smallest absolute Gasteiger partial charge is 0.0483 e. The quantitative estimate of drug-likeness (QED) is 0.751. The Hall–Kier alpha value is -1.58. The van der Waals surface area contributed by atoms with E-state index >= 15 is 0 Å². The van der Waals surface area contributed by atoms with Crippen LogP contribution in [0.15, 0.2) is 41.8 Å². The summed E-state index contributed by atoms with van der Waals surface area (Å²) < 4.78 is 2.30. The van der Waals surface area contributed by atoms with E-state index in [1.807, 2.05) is 11.3 Å². The second-order valence-electron chi connectivity index (χ2n) is 5.27. The van der Waals surface area contributed by atoms with E-state index in [0.717, 1.165) is 6.54 Å². The molecule has 104 valence electrons. The summed E-state index contributed by atoms with van der Waals surface area (Å²) in [5.41, 5.74) is 4.06. The minimum atomic E-state index is 0.396. The number of hydrogen-bond donors (Lipinski definition) is 1. The largest absolute Gasteiger partial charge is 0.346 e. The highest BCUT2D eigenvalue weighted by Crippen LogP contribution is 2.25. The van der Waals surface area contributed by atoms with E-state index in [-0.39, 0.29) is 0 Å². The summed E-state index contributed by atoms with van der Waals surface area (Å²) in [6, 6.07) is 13.3. The molecule has 1 atom stereocenters. The number of hydrogen-bond acceptors (Lipinski definition) is 2. The summed E-state index contributed by atoms with van der Waals surface area (Å²) in [4.78, 5) is 1.39. The third kappa shape index (κ3) is 2.28. The maximum Gasteiger partial charge on any atom is 0.0483 e. The third-order valence-electron chi connectivity index (χ3n) is 4.05. The lowest BCUT2D eigenvalue weighted by Crippen LogP contribution is -2.19. The van der Waals surface area contributed by atoms with Gasteiger partial charge in [-0.1, -0.05) is 24.3 Å². The van der Waals surface area contributed by atoms with E-state index in [0.29, 0.717) is 6.04 Å². The van der Waals surface area contributed by atoms with Crippen LogP contribution in [0.3, 0.4) is 0 Å². The van der Waals surface area contributed by atoms with Gasteiger partial charge >= 0.3 is 0 Å². The number of thiophene rings is 1. The van der Waals surface area contributed by atoms with Crippen molar-refractivity contribution in [2.24, 2.45) is 7.05 Å². The molecule has 3 aromatic rings. The van der Waals surface area contributed by atoms with E-state index in [1.165, 1.54) is 27.0 Å². The highest BCUT2D eigenvalue weighted by molar-refractivity contribution is 7.10. The van der Waals surface area contributed by atoms with Gasteiger partial charge in [0.15, 0.2) is 0 Å². The molecule has 0 bridgehead atoms. The van der Waals surface area contributed by atoms with Crippen LogP contribution in [0.25, 0.3) is 10.9 Å². The predicted octanol–water partition coefficient (Wildman–Crippen LogP) is 4.40. The number of benzene rings is 1. The summed E-state index contributed by atoms with van der Waals surface area (Å²) in [6.45, 7) is 5.34. The number of fused-ring (bicyclic) bond motifs is 1. The predicted molar refractivity (Wildman–Crippen MR) is 87.2 cm³/mol. The highest BCUT2D eigenvalue weighted by Gasteiger charge is 2.12. The summed E-state index contributed by atoms with van der Waals surface area (Å²) >= 11 is 1.81. The Bertz CT molecular complexity index is 671. The third-order valence-corrected chi connectivity index (χ3v) is 5.11. The van der Waals surface area contributed by atoms with Crippen LogP contribution in [0.5, 0.6) is 0 Å². The van der Waals surface area contributed by atoms with Crippen molar-refractivity contribution in [1.82, 2.24) is 9.88 Å². The molecule has 0 saturated carbocycles.